The van der Waals surface area contributed by atoms with Gasteiger partial charge < -0.3 is 44.2 Å². The minimum Gasteiger partial charge on any atom is -0.480 e. The molecule has 0 bridgehead atoms. The fourth-order valence-electron chi connectivity index (χ4n) is 9.30. The molecule has 7 atom stereocenters. The molecule has 73 heavy (non-hydrogen) atoms. The van der Waals surface area contributed by atoms with E-state index in [1.54, 1.807) is 0 Å². The van der Waals surface area contributed by atoms with Gasteiger partial charge in [-0.05, 0) is 25.7 Å². The summed E-state index contributed by atoms with van der Waals surface area (Å²) in [6.07, 6.45) is 28.3. The van der Waals surface area contributed by atoms with Crippen molar-refractivity contribution in [2.45, 2.75) is 309 Å². The third-order valence-corrected chi connectivity index (χ3v) is 13.4. The minimum atomic E-state index is -1.58. The Bertz CT molecular complexity index is 1500. The summed E-state index contributed by atoms with van der Waals surface area (Å²) in [6.45, 7) is 8.91. The van der Waals surface area contributed by atoms with Gasteiger partial charge in [0.05, 0.1) is 13.0 Å². The van der Waals surface area contributed by atoms with E-state index < -0.39 is 97.7 Å². The van der Waals surface area contributed by atoms with Crippen molar-refractivity contribution in [2.75, 3.05) is 13.2 Å². The summed E-state index contributed by atoms with van der Waals surface area (Å²) in [5.74, 6) is -5.17. The molecule has 0 aromatic carbocycles. The van der Waals surface area contributed by atoms with E-state index in [2.05, 4.69) is 31.4 Å². The summed E-state index contributed by atoms with van der Waals surface area (Å²) >= 11 is 0. The van der Waals surface area contributed by atoms with Crippen molar-refractivity contribution >= 4 is 41.7 Å². The molecule has 1 aliphatic heterocycles. The molecule has 0 aromatic rings. The Morgan fingerprint density at radius 2 is 0.945 bits per heavy atom. The third-order valence-electron chi connectivity index (χ3n) is 13.4. The molecular weight excluding hydrogens is 937 g/mol. The number of carbonyl (C=O) groups is 7. The molecule has 0 spiro atoms. The maximum atomic E-state index is 14.2. The van der Waals surface area contributed by atoms with Gasteiger partial charge in [0.1, 0.15) is 24.9 Å². The first-order chi connectivity index (χ1) is 35.2. The van der Waals surface area contributed by atoms with Gasteiger partial charge in [0.15, 0.2) is 24.5 Å². The van der Waals surface area contributed by atoms with Crippen LogP contribution in [-0.4, -0.2) is 103 Å². The predicted molar refractivity (Wildman–Crippen MR) is 282 cm³/mol. The van der Waals surface area contributed by atoms with E-state index in [1.165, 1.54) is 109 Å². The first-order valence-corrected chi connectivity index (χ1v) is 29.0. The number of hydrogen-bond acceptors (Lipinski definition) is 13. The molecule has 1 heterocycles. The number of ether oxygens (including phenoxy) is 6. The number of esters is 4. The van der Waals surface area contributed by atoms with Crippen LogP contribution in [0.1, 0.15) is 266 Å². The second-order valence-corrected chi connectivity index (χ2v) is 20.4. The van der Waals surface area contributed by atoms with E-state index in [0.29, 0.717) is 19.3 Å². The molecule has 0 aromatic heterocycles. The normalized spacial score (nSPS) is 18.3. The van der Waals surface area contributed by atoms with Gasteiger partial charge in [-0.2, -0.15) is 0 Å². The van der Waals surface area contributed by atoms with Crippen molar-refractivity contribution in [3.05, 3.63) is 0 Å². The van der Waals surface area contributed by atoms with Crippen LogP contribution in [0.4, 0.5) is 0 Å². The monoisotopic (exact) mass is 1040 g/mol. The van der Waals surface area contributed by atoms with E-state index in [9.17, 15) is 38.7 Å². The molecule has 1 saturated heterocycles. The summed E-state index contributed by atoms with van der Waals surface area (Å²) in [5, 5.41) is 15.5. The van der Waals surface area contributed by atoms with E-state index >= 15 is 0 Å². The Kier molecular flexibility index (Phi) is 41.0. The van der Waals surface area contributed by atoms with Gasteiger partial charge in [0, 0.05) is 33.6 Å². The number of unbranched alkanes of at least 4 members (excludes halogenated alkanes) is 28. The minimum absolute atomic E-state index is 0.118. The number of rotatable bonds is 47. The number of carbonyl (C=O) groups excluding carboxylic acids is 6. The molecule has 16 heteroatoms. The molecule has 0 unspecified atom stereocenters. The van der Waals surface area contributed by atoms with Crippen molar-refractivity contribution in [1.82, 2.24) is 10.6 Å². The van der Waals surface area contributed by atoms with Gasteiger partial charge in [-0.25, -0.2) is 4.79 Å². The van der Waals surface area contributed by atoms with E-state index in [1.807, 2.05) is 0 Å². The van der Waals surface area contributed by atoms with Gasteiger partial charge in [-0.15, -0.1) is 0 Å². The van der Waals surface area contributed by atoms with Crippen molar-refractivity contribution in [3.63, 3.8) is 0 Å². The smallest absolute Gasteiger partial charge is 0.328 e. The quantitative estimate of drug-likeness (QED) is 0.0293. The van der Waals surface area contributed by atoms with Crippen molar-refractivity contribution < 1.29 is 67.1 Å². The fourth-order valence-corrected chi connectivity index (χ4v) is 9.30. The van der Waals surface area contributed by atoms with Crippen molar-refractivity contribution in [3.8, 4) is 0 Å². The lowest BCUT2D eigenvalue weighted by atomic mass is 9.95. The molecule has 0 radical (unpaired) electrons. The summed E-state index contributed by atoms with van der Waals surface area (Å²) in [5.41, 5.74) is 0. The molecule has 1 fully saturated rings. The lowest BCUT2D eigenvalue weighted by Gasteiger charge is -2.45. The Hall–Kier alpha value is -3.79. The molecule has 0 aliphatic carbocycles. The standard InChI is InChI=1S/C57H102N2O14/c1-7-10-13-16-19-22-24-27-30-33-36-39-50(63)58-48(56(66)67)42-69-57-53(55(71-46(6)62)54(70-45(5)61)49(73-57)43-68-44(4)60)59-51(64)41-47(38-35-32-29-26-21-18-15-12-9-3)72-52(65)40-37-34-31-28-25-23-20-17-14-11-8-2/h47-49,53-55,57H,7-43H2,1-6H3,(H,58,63)(H,59,64)(H,66,67)/t47-,48+,49-,53-,54-,55-,57-/m1/s1. The summed E-state index contributed by atoms with van der Waals surface area (Å²) < 4.78 is 34.8. The zero-order valence-corrected chi connectivity index (χ0v) is 46.5. The lowest BCUT2D eigenvalue weighted by Crippen LogP contribution is -2.67. The van der Waals surface area contributed by atoms with Crippen LogP contribution in [0.25, 0.3) is 0 Å². The average molecular weight is 1040 g/mol. The Morgan fingerprint density at radius 1 is 0.521 bits per heavy atom. The second kappa shape index (κ2) is 44.5. The Balaban J connectivity index is 3.19. The number of carboxylic acids is 1. The Morgan fingerprint density at radius 3 is 1.38 bits per heavy atom. The largest absolute Gasteiger partial charge is 0.480 e. The van der Waals surface area contributed by atoms with E-state index in [4.69, 9.17) is 28.4 Å². The first kappa shape index (κ1) is 67.2. The van der Waals surface area contributed by atoms with Gasteiger partial charge >= 0.3 is 29.8 Å². The van der Waals surface area contributed by atoms with Crippen molar-refractivity contribution in [2.24, 2.45) is 0 Å². The molecule has 1 aliphatic rings. The SMILES string of the molecule is CCCCCCCCCCCCCC(=O)N[C@@H](CO[C@@H]1O[C@H](COC(C)=O)[C@@H](OC(C)=O)[C@H](OC(C)=O)[C@H]1NC(=O)C[C@@H](CCCCCCCCCCC)OC(=O)CCCCCCCCCCCCC)C(=O)O. The van der Waals surface area contributed by atoms with Crippen LogP contribution in [0.15, 0.2) is 0 Å². The molecule has 2 amide bonds. The maximum absolute atomic E-state index is 14.2. The maximum Gasteiger partial charge on any atom is 0.328 e. The summed E-state index contributed by atoms with van der Waals surface area (Å²) in [7, 11) is 0. The van der Waals surface area contributed by atoms with Crippen LogP contribution in [0, 0.1) is 0 Å². The number of aliphatic carboxylic acids is 1. The molecule has 1 rings (SSSR count). The summed E-state index contributed by atoms with van der Waals surface area (Å²) in [6, 6.07) is -2.96. The topological polar surface area (TPSA) is 219 Å². The average Bonchev–Trinajstić information content (AvgIpc) is 3.33. The highest BCUT2D eigenvalue weighted by Gasteiger charge is 2.52. The zero-order chi connectivity index (χ0) is 53.9. The highest BCUT2D eigenvalue weighted by Crippen LogP contribution is 2.29. The Labute approximate surface area is 440 Å². The van der Waals surface area contributed by atoms with Crippen LogP contribution in [-0.2, 0) is 62.0 Å². The number of carboxylic acid groups (broad SMARTS) is 1. The van der Waals surface area contributed by atoms with Gasteiger partial charge in [-0.1, -0.05) is 201 Å². The molecular formula is C57H102N2O14. The highest BCUT2D eigenvalue weighted by atomic mass is 16.7. The van der Waals surface area contributed by atoms with Crippen LogP contribution in [0.3, 0.4) is 0 Å². The van der Waals surface area contributed by atoms with Crippen LogP contribution < -0.4 is 10.6 Å². The van der Waals surface area contributed by atoms with Crippen LogP contribution in [0.2, 0.25) is 0 Å². The van der Waals surface area contributed by atoms with Gasteiger partial charge in [0.25, 0.3) is 0 Å². The highest BCUT2D eigenvalue weighted by molar-refractivity contribution is 5.83. The fraction of sp³-hybridized carbons (Fsp3) is 0.877. The van der Waals surface area contributed by atoms with Gasteiger partial charge in [-0.3, -0.25) is 28.8 Å². The number of nitrogens with one attached hydrogen (secondary N) is 2. The number of hydrogen-bond donors (Lipinski definition) is 3. The molecule has 0 saturated carbocycles. The zero-order valence-electron chi connectivity index (χ0n) is 46.5. The van der Waals surface area contributed by atoms with E-state index in [-0.39, 0.29) is 19.3 Å². The summed E-state index contributed by atoms with van der Waals surface area (Å²) in [4.78, 5) is 90.1. The third kappa shape index (κ3) is 35.9. The molecule has 3 N–H and O–H groups in total. The number of amides is 2. The lowest BCUT2D eigenvalue weighted by molar-refractivity contribution is -0.278. The molecule has 16 nitrogen and oxygen atoms in total. The first-order valence-electron chi connectivity index (χ1n) is 29.0. The van der Waals surface area contributed by atoms with Crippen LogP contribution >= 0.6 is 0 Å². The second-order valence-electron chi connectivity index (χ2n) is 20.4. The van der Waals surface area contributed by atoms with Gasteiger partial charge in [0.2, 0.25) is 11.8 Å². The van der Waals surface area contributed by atoms with E-state index in [0.717, 1.165) is 97.8 Å². The van der Waals surface area contributed by atoms with Crippen molar-refractivity contribution in [1.29, 1.82) is 0 Å². The van der Waals surface area contributed by atoms with Crippen LogP contribution in [0.5, 0.6) is 0 Å². The molecule has 424 valence electrons. The predicted octanol–water partition coefficient (Wildman–Crippen LogP) is 11.8.